The quantitative estimate of drug-likeness (QED) is 0.656. The van der Waals surface area contributed by atoms with Crippen LogP contribution in [-0.4, -0.2) is 43.5 Å². The Bertz CT molecular complexity index is 500. The number of carboxylic acids is 1. The number of carboxylic acid groups (broad SMARTS) is 1. The maximum Gasteiger partial charge on any atom is 0.328 e. The van der Waals surface area contributed by atoms with Crippen molar-refractivity contribution in [3.8, 4) is 0 Å². The Kier molecular flexibility index (Phi) is 6.34. The van der Waals surface area contributed by atoms with Crippen molar-refractivity contribution in [2.24, 2.45) is 0 Å². The van der Waals surface area contributed by atoms with Crippen LogP contribution < -0.4 is 5.32 Å². The molecule has 8 heteroatoms. The SMILES string of the molecule is CS(=O)(=O)c1ccc(N[C@@H](CO)C(=O)O)cc1.[Cu]. The molecule has 0 aromatic heterocycles. The Morgan fingerprint density at radius 2 is 1.83 bits per heavy atom. The maximum atomic E-state index is 11.2. The molecule has 0 fully saturated rings. The molecule has 0 saturated heterocycles. The predicted octanol–water partition coefficient (Wildman–Crippen LogP) is -0.0550. The van der Waals surface area contributed by atoms with Gasteiger partial charge in [-0.25, -0.2) is 13.2 Å². The molecule has 0 heterocycles. The van der Waals surface area contributed by atoms with Crippen molar-refractivity contribution < 1.29 is 40.5 Å². The van der Waals surface area contributed by atoms with E-state index in [4.69, 9.17) is 10.2 Å². The molecule has 1 rings (SSSR count). The van der Waals surface area contributed by atoms with E-state index in [-0.39, 0.29) is 22.0 Å². The third-order valence-electron chi connectivity index (χ3n) is 2.10. The summed E-state index contributed by atoms with van der Waals surface area (Å²) >= 11 is 0. The van der Waals surface area contributed by atoms with E-state index in [1.807, 2.05) is 0 Å². The molecule has 0 spiro atoms. The fraction of sp³-hybridized carbons (Fsp3) is 0.300. The van der Waals surface area contributed by atoms with E-state index in [2.05, 4.69) is 5.32 Å². The van der Waals surface area contributed by atoms with Crippen molar-refractivity contribution in [2.75, 3.05) is 18.2 Å². The van der Waals surface area contributed by atoms with Crippen molar-refractivity contribution in [2.45, 2.75) is 10.9 Å². The van der Waals surface area contributed by atoms with Gasteiger partial charge in [0.2, 0.25) is 0 Å². The molecular weight excluding hydrogens is 310 g/mol. The van der Waals surface area contributed by atoms with Gasteiger partial charge in [0.25, 0.3) is 0 Å². The van der Waals surface area contributed by atoms with Gasteiger partial charge in [0.1, 0.15) is 6.04 Å². The molecule has 0 unspecified atom stereocenters. The van der Waals surface area contributed by atoms with Crippen molar-refractivity contribution in [3.63, 3.8) is 0 Å². The molecule has 1 atom stereocenters. The molecule has 1 radical (unpaired) electrons. The second-order valence-electron chi connectivity index (χ2n) is 3.51. The minimum absolute atomic E-state index is 0. The van der Waals surface area contributed by atoms with Crippen molar-refractivity contribution in [3.05, 3.63) is 24.3 Å². The van der Waals surface area contributed by atoms with Gasteiger partial charge in [-0.15, -0.1) is 0 Å². The number of benzene rings is 1. The average molecular weight is 323 g/mol. The standard InChI is InChI=1S/C10H13NO5S.Cu/c1-17(15,16)8-4-2-7(3-5-8)11-9(6-12)10(13)14;/h2-5,9,11-12H,6H2,1H3,(H,13,14);/t9-;/m0./s1. The van der Waals surface area contributed by atoms with Gasteiger partial charge in [0, 0.05) is 29.0 Å². The fourth-order valence-electron chi connectivity index (χ4n) is 1.19. The van der Waals surface area contributed by atoms with E-state index in [0.717, 1.165) is 6.26 Å². The van der Waals surface area contributed by atoms with E-state index in [9.17, 15) is 13.2 Å². The number of hydrogen-bond acceptors (Lipinski definition) is 5. The summed E-state index contributed by atoms with van der Waals surface area (Å²) in [5.41, 5.74) is 0.429. The molecule has 0 saturated carbocycles. The number of rotatable bonds is 5. The first-order valence-electron chi connectivity index (χ1n) is 4.75. The molecule has 0 aliphatic carbocycles. The van der Waals surface area contributed by atoms with Crippen LogP contribution in [0.1, 0.15) is 0 Å². The van der Waals surface area contributed by atoms with Gasteiger partial charge in [-0.1, -0.05) is 0 Å². The minimum Gasteiger partial charge on any atom is -0.480 e. The van der Waals surface area contributed by atoms with Crippen molar-refractivity contribution >= 4 is 21.5 Å². The second kappa shape index (κ2) is 6.75. The van der Waals surface area contributed by atoms with Crippen molar-refractivity contribution in [1.29, 1.82) is 0 Å². The summed E-state index contributed by atoms with van der Waals surface area (Å²) in [5.74, 6) is -1.18. The number of nitrogens with one attached hydrogen (secondary N) is 1. The van der Waals surface area contributed by atoms with Crippen molar-refractivity contribution in [1.82, 2.24) is 0 Å². The van der Waals surface area contributed by atoms with E-state index < -0.39 is 28.5 Å². The average Bonchev–Trinajstić information content (AvgIpc) is 2.25. The third-order valence-corrected chi connectivity index (χ3v) is 3.23. The van der Waals surface area contributed by atoms with E-state index in [0.29, 0.717) is 5.69 Å². The summed E-state index contributed by atoms with van der Waals surface area (Å²) < 4.78 is 22.4. The smallest absolute Gasteiger partial charge is 0.328 e. The van der Waals surface area contributed by atoms with E-state index in [1.165, 1.54) is 24.3 Å². The van der Waals surface area contributed by atoms with E-state index in [1.54, 1.807) is 0 Å². The van der Waals surface area contributed by atoms with Gasteiger partial charge in [0.15, 0.2) is 9.84 Å². The Morgan fingerprint density at radius 3 is 2.17 bits per heavy atom. The second-order valence-corrected chi connectivity index (χ2v) is 5.53. The minimum atomic E-state index is -3.26. The first kappa shape index (κ1) is 16.9. The number of aliphatic hydroxyl groups excluding tert-OH is 1. The van der Waals surface area contributed by atoms with Crippen LogP contribution in [0.25, 0.3) is 0 Å². The first-order valence-corrected chi connectivity index (χ1v) is 6.64. The number of sulfone groups is 1. The van der Waals surface area contributed by atoms with Crippen LogP contribution in [0, 0.1) is 0 Å². The maximum absolute atomic E-state index is 11.2. The normalized spacial score (nSPS) is 12.3. The van der Waals surface area contributed by atoms with Crippen LogP contribution in [0.15, 0.2) is 29.2 Å². The molecular formula is C10H13CuNO5S. The molecule has 3 N–H and O–H groups in total. The van der Waals surface area contributed by atoms with Crippen LogP contribution in [0.4, 0.5) is 5.69 Å². The zero-order valence-electron chi connectivity index (χ0n) is 9.42. The topological polar surface area (TPSA) is 104 Å². The number of aliphatic carboxylic acids is 1. The molecule has 18 heavy (non-hydrogen) atoms. The summed E-state index contributed by atoms with van der Waals surface area (Å²) in [6.07, 6.45) is 1.09. The molecule has 0 bridgehead atoms. The van der Waals surface area contributed by atoms with Gasteiger partial charge in [0.05, 0.1) is 11.5 Å². The third kappa shape index (κ3) is 4.66. The first-order chi connectivity index (χ1) is 7.84. The molecule has 0 aliphatic rings. The number of aliphatic hydroxyl groups is 1. The van der Waals surface area contributed by atoms with Crippen LogP contribution in [0.3, 0.4) is 0 Å². The van der Waals surface area contributed by atoms with Gasteiger partial charge in [-0.2, -0.15) is 0 Å². The summed E-state index contributed by atoms with van der Waals surface area (Å²) in [4.78, 5) is 10.8. The summed E-state index contributed by atoms with van der Waals surface area (Å²) in [5, 5.41) is 20.1. The van der Waals surface area contributed by atoms with Gasteiger partial charge in [-0.05, 0) is 24.3 Å². The van der Waals surface area contributed by atoms with Crippen LogP contribution in [-0.2, 0) is 31.7 Å². The predicted molar refractivity (Wildman–Crippen MR) is 61.7 cm³/mol. The molecule has 1 aromatic rings. The van der Waals surface area contributed by atoms with Gasteiger partial charge < -0.3 is 15.5 Å². The zero-order valence-corrected chi connectivity index (χ0v) is 11.2. The summed E-state index contributed by atoms with van der Waals surface area (Å²) in [6, 6.07) is 4.52. The van der Waals surface area contributed by atoms with Crippen LogP contribution >= 0.6 is 0 Å². The fourth-order valence-corrected chi connectivity index (χ4v) is 1.82. The molecule has 6 nitrogen and oxygen atoms in total. The van der Waals surface area contributed by atoms with Gasteiger partial charge in [-0.3, -0.25) is 0 Å². The molecule has 105 valence electrons. The number of anilines is 1. The zero-order chi connectivity index (χ0) is 13.1. The summed E-state index contributed by atoms with van der Waals surface area (Å²) in [6.45, 7) is -0.552. The van der Waals surface area contributed by atoms with E-state index >= 15 is 0 Å². The summed E-state index contributed by atoms with van der Waals surface area (Å²) in [7, 11) is -3.26. The Morgan fingerprint density at radius 1 is 1.33 bits per heavy atom. The molecule has 0 aliphatic heterocycles. The van der Waals surface area contributed by atoms with Gasteiger partial charge >= 0.3 is 5.97 Å². The molecule has 0 amide bonds. The number of carbonyl (C=O) groups is 1. The largest absolute Gasteiger partial charge is 0.480 e. The number of hydrogen-bond donors (Lipinski definition) is 3. The monoisotopic (exact) mass is 322 g/mol. The Hall–Kier alpha value is -1.08. The van der Waals surface area contributed by atoms with Crippen LogP contribution in [0.2, 0.25) is 0 Å². The Labute approximate surface area is 115 Å². The molecule has 1 aromatic carbocycles. The Balaban J connectivity index is 0.00000289. The van der Waals surface area contributed by atoms with Crippen LogP contribution in [0.5, 0.6) is 0 Å².